The van der Waals surface area contributed by atoms with Gasteiger partial charge in [0, 0.05) is 23.6 Å². The molecule has 1 aromatic carbocycles. The summed E-state index contributed by atoms with van der Waals surface area (Å²) in [5.41, 5.74) is 4.25. The van der Waals surface area contributed by atoms with Crippen LogP contribution in [0.4, 0.5) is 0 Å². The highest BCUT2D eigenvalue weighted by Crippen LogP contribution is 2.60. The lowest BCUT2D eigenvalue weighted by Gasteiger charge is -2.33. The van der Waals surface area contributed by atoms with Gasteiger partial charge >= 0.3 is 0 Å². The van der Waals surface area contributed by atoms with Crippen molar-refractivity contribution in [3.05, 3.63) is 34.9 Å². The highest BCUT2D eigenvalue weighted by atomic mass is 16.7. The van der Waals surface area contributed by atoms with Crippen molar-refractivity contribution in [1.82, 2.24) is 4.90 Å². The average molecular weight is 299 g/mol. The van der Waals surface area contributed by atoms with Crippen LogP contribution in [0.2, 0.25) is 0 Å². The Kier molecular flexibility index (Phi) is 2.52. The van der Waals surface area contributed by atoms with Gasteiger partial charge in [0.1, 0.15) is 0 Å². The van der Waals surface area contributed by atoms with Crippen LogP contribution in [0.5, 0.6) is 11.5 Å². The third kappa shape index (κ3) is 1.54. The maximum absolute atomic E-state index is 9.88. The van der Waals surface area contributed by atoms with Crippen molar-refractivity contribution in [3.8, 4) is 11.5 Å². The molecule has 22 heavy (non-hydrogen) atoms. The molecule has 1 aromatic rings. The van der Waals surface area contributed by atoms with Gasteiger partial charge in [0.15, 0.2) is 11.5 Å². The molecule has 0 bridgehead atoms. The van der Waals surface area contributed by atoms with Crippen molar-refractivity contribution >= 4 is 0 Å². The van der Waals surface area contributed by atoms with Gasteiger partial charge in [-0.1, -0.05) is 12.2 Å². The molecule has 0 radical (unpaired) electrons. The monoisotopic (exact) mass is 299 g/mol. The number of hydrogen-bond acceptors (Lipinski definition) is 4. The van der Waals surface area contributed by atoms with Crippen molar-refractivity contribution in [2.75, 3.05) is 20.4 Å². The molecule has 2 heterocycles. The molecule has 0 aromatic heterocycles. The van der Waals surface area contributed by atoms with Crippen LogP contribution >= 0.6 is 0 Å². The van der Waals surface area contributed by atoms with E-state index in [-0.39, 0.29) is 11.5 Å². The number of fused-ring (bicyclic) bond motifs is 3. The fourth-order valence-corrected chi connectivity index (χ4v) is 4.83. The van der Waals surface area contributed by atoms with Gasteiger partial charge in [-0.05, 0) is 49.9 Å². The van der Waals surface area contributed by atoms with Crippen LogP contribution in [0.25, 0.3) is 0 Å². The molecule has 0 saturated carbocycles. The third-order valence-corrected chi connectivity index (χ3v) is 5.97. The highest BCUT2D eigenvalue weighted by Gasteiger charge is 2.50. The number of aliphatic hydroxyl groups excluding tert-OH is 1. The minimum absolute atomic E-state index is 0.00558. The summed E-state index contributed by atoms with van der Waals surface area (Å²) in [6.45, 7) is 1.42. The Morgan fingerprint density at radius 1 is 1.36 bits per heavy atom. The second-order valence-corrected chi connectivity index (χ2v) is 7.13. The van der Waals surface area contributed by atoms with Crippen molar-refractivity contribution < 1.29 is 14.6 Å². The normalized spacial score (nSPS) is 35.2. The maximum atomic E-state index is 9.88. The van der Waals surface area contributed by atoms with E-state index in [1.807, 2.05) is 6.08 Å². The second kappa shape index (κ2) is 4.27. The van der Waals surface area contributed by atoms with Gasteiger partial charge in [-0.3, -0.25) is 4.90 Å². The summed E-state index contributed by atoms with van der Waals surface area (Å²) in [4.78, 5) is 2.47. The Hall–Kier alpha value is -1.52. The fraction of sp³-hybridized carbons (Fsp3) is 0.556. The van der Waals surface area contributed by atoms with Crippen LogP contribution in [0.15, 0.2) is 18.2 Å². The van der Waals surface area contributed by atoms with Crippen LogP contribution in [0.1, 0.15) is 42.0 Å². The molecular formula is C18H21NO3. The number of allylic oxidation sites excluding steroid dienone is 1. The molecule has 1 spiro atoms. The molecule has 0 saturated heterocycles. The smallest absolute Gasteiger partial charge is 0.231 e. The number of hydrogen-bond donors (Lipinski definition) is 1. The summed E-state index contributed by atoms with van der Waals surface area (Å²) in [5, 5.41) is 9.88. The van der Waals surface area contributed by atoms with Crippen LogP contribution in [-0.4, -0.2) is 36.5 Å². The first-order valence-corrected chi connectivity index (χ1v) is 8.21. The quantitative estimate of drug-likeness (QED) is 0.746. The Balaban J connectivity index is 1.78. The molecule has 4 aliphatic rings. The minimum atomic E-state index is -0.301. The van der Waals surface area contributed by atoms with Crippen LogP contribution in [0, 0.1) is 0 Å². The molecule has 4 heteroatoms. The molecule has 0 amide bonds. The number of rotatable bonds is 0. The number of benzene rings is 1. The molecular weight excluding hydrogens is 278 g/mol. The summed E-state index contributed by atoms with van der Waals surface area (Å²) >= 11 is 0. The zero-order valence-electron chi connectivity index (χ0n) is 12.8. The summed E-state index contributed by atoms with van der Waals surface area (Å²) in [6, 6.07) is 2.66. The molecule has 1 N–H and O–H groups in total. The lowest BCUT2D eigenvalue weighted by Crippen LogP contribution is -2.32. The summed E-state index contributed by atoms with van der Waals surface area (Å²) < 4.78 is 11.6. The number of ether oxygens (including phenoxy) is 2. The lowest BCUT2D eigenvalue weighted by molar-refractivity contribution is 0.164. The zero-order valence-corrected chi connectivity index (χ0v) is 12.8. The molecule has 0 fully saturated rings. The largest absolute Gasteiger partial charge is 0.454 e. The van der Waals surface area contributed by atoms with E-state index >= 15 is 0 Å². The van der Waals surface area contributed by atoms with E-state index in [0.29, 0.717) is 12.8 Å². The minimum Gasteiger partial charge on any atom is -0.454 e. The number of likely N-dealkylation sites (N-methyl/N-ethyl adjacent to an activating group) is 1. The van der Waals surface area contributed by atoms with E-state index in [9.17, 15) is 5.11 Å². The van der Waals surface area contributed by atoms with Gasteiger partial charge in [-0.2, -0.15) is 0 Å². The van der Waals surface area contributed by atoms with Gasteiger partial charge in [0.2, 0.25) is 6.79 Å². The van der Waals surface area contributed by atoms with E-state index in [4.69, 9.17) is 9.47 Å². The van der Waals surface area contributed by atoms with Gasteiger partial charge < -0.3 is 14.6 Å². The van der Waals surface area contributed by atoms with Crippen molar-refractivity contribution in [1.29, 1.82) is 0 Å². The predicted molar refractivity (Wildman–Crippen MR) is 82.3 cm³/mol. The van der Waals surface area contributed by atoms with Crippen molar-refractivity contribution in [2.45, 2.75) is 43.2 Å². The summed E-state index contributed by atoms with van der Waals surface area (Å²) in [7, 11) is 2.22. The maximum Gasteiger partial charge on any atom is 0.231 e. The van der Waals surface area contributed by atoms with Crippen LogP contribution in [-0.2, 0) is 11.8 Å². The zero-order chi connectivity index (χ0) is 14.9. The summed E-state index contributed by atoms with van der Waals surface area (Å²) in [5.74, 6) is 1.87. The van der Waals surface area contributed by atoms with Gasteiger partial charge in [0.25, 0.3) is 0 Å². The lowest BCUT2D eigenvalue weighted by atomic mass is 9.73. The van der Waals surface area contributed by atoms with Gasteiger partial charge in [0.05, 0.1) is 6.10 Å². The number of aliphatic hydroxyl groups is 1. The Bertz CT molecular complexity index is 683. The van der Waals surface area contributed by atoms with Crippen LogP contribution in [0.3, 0.4) is 0 Å². The predicted octanol–water partition coefficient (Wildman–Crippen LogP) is 2.30. The van der Waals surface area contributed by atoms with Crippen molar-refractivity contribution in [3.63, 3.8) is 0 Å². The number of nitrogens with zero attached hydrogens (tertiary/aromatic N) is 1. The second-order valence-electron chi connectivity index (χ2n) is 7.13. The highest BCUT2D eigenvalue weighted by molar-refractivity contribution is 5.64. The standard InChI is InChI=1S/C18H21NO3/c1-19-7-4-11-8-14-17(22-10-21-14)16-15(11)13(19)9-18(16)5-2-12(20)3-6-18/h2,5,8,12-13,20H,3-4,6-7,9-10H2,1H3. The molecule has 4 nitrogen and oxygen atoms in total. The van der Waals surface area contributed by atoms with E-state index in [0.717, 1.165) is 43.7 Å². The third-order valence-electron chi connectivity index (χ3n) is 5.97. The fourth-order valence-electron chi connectivity index (χ4n) is 4.83. The Labute approximate surface area is 130 Å². The molecule has 116 valence electrons. The SMILES string of the molecule is CN1CCc2cc3c(c4c2C1CC41C=CC(O)CC1)OCO3. The molecule has 2 aliphatic heterocycles. The van der Waals surface area contributed by atoms with E-state index in [2.05, 4.69) is 24.1 Å². The van der Waals surface area contributed by atoms with Gasteiger partial charge in [-0.15, -0.1) is 0 Å². The first-order chi connectivity index (χ1) is 10.7. The van der Waals surface area contributed by atoms with Gasteiger partial charge in [-0.25, -0.2) is 0 Å². The first kappa shape index (κ1) is 13.0. The van der Waals surface area contributed by atoms with E-state index < -0.39 is 0 Å². The Morgan fingerprint density at radius 3 is 3.09 bits per heavy atom. The summed E-state index contributed by atoms with van der Waals surface area (Å²) in [6.07, 6.45) is 7.90. The Morgan fingerprint density at radius 2 is 2.27 bits per heavy atom. The molecule has 3 atom stereocenters. The van der Waals surface area contributed by atoms with E-state index in [1.54, 1.807) is 0 Å². The average Bonchev–Trinajstić information content (AvgIpc) is 3.10. The topological polar surface area (TPSA) is 41.9 Å². The molecule has 2 aliphatic carbocycles. The molecule has 5 rings (SSSR count). The van der Waals surface area contributed by atoms with Crippen LogP contribution < -0.4 is 9.47 Å². The molecule has 3 unspecified atom stereocenters. The van der Waals surface area contributed by atoms with Crippen molar-refractivity contribution in [2.24, 2.45) is 0 Å². The van der Waals surface area contributed by atoms with E-state index in [1.165, 1.54) is 16.7 Å². The first-order valence-electron chi connectivity index (χ1n) is 8.21.